The normalized spacial score (nSPS) is 12.1. The van der Waals surface area contributed by atoms with Crippen LogP contribution in [0.2, 0.25) is 0 Å². The first kappa shape index (κ1) is 19.0. The van der Waals surface area contributed by atoms with Gasteiger partial charge in [0, 0.05) is 36.0 Å². The molecule has 1 heterocycles. The molecule has 1 amide bonds. The van der Waals surface area contributed by atoms with E-state index in [-0.39, 0.29) is 11.8 Å². The second-order valence-electron chi connectivity index (χ2n) is 6.88. The molecule has 0 aliphatic rings. The fraction of sp³-hybridized carbons (Fsp3) is 0.348. The molecule has 0 bridgehead atoms. The van der Waals surface area contributed by atoms with Gasteiger partial charge in [0.15, 0.2) is 0 Å². The van der Waals surface area contributed by atoms with E-state index < -0.39 is 0 Å². The minimum absolute atomic E-state index is 0.0255. The summed E-state index contributed by atoms with van der Waals surface area (Å²) in [6.45, 7) is 2.91. The molecule has 0 unspecified atom stereocenters. The van der Waals surface area contributed by atoms with Crippen LogP contribution in [0.15, 0.2) is 54.7 Å². The third-order valence-corrected chi connectivity index (χ3v) is 4.98. The first-order valence-corrected chi connectivity index (χ1v) is 9.69. The summed E-state index contributed by atoms with van der Waals surface area (Å²) in [7, 11) is 1.67. The lowest BCUT2D eigenvalue weighted by Crippen LogP contribution is -2.26. The molecule has 0 fully saturated rings. The molecule has 3 rings (SSSR count). The number of aromatic amines is 1. The molecule has 1 atom stereocenters. The fourth-order valence-corrected chi connectivity index (χ4v) is 3.51. The maximum atomic E-state index is 12.6. The molecule has 1 aromatic heterocycles. The summed E-state index contributed by atoms with van der Waals surface area (Å²) in [6.07, 6.45) is 5.76. The van der Waals surface area contributed by atoms with Crippen LogP contribution in [0.1, 0.15) is 49.7 Å². The van der Waals surface area contributed by atoms with Crippen molar-refractivity contribution in [3.05, 3.63) is 65.9 Å². The van der Waals surface area contributed by atoms with Crippen LogP contribution in [0, 0.1) is 0 Å². The van der Waals surface area contributed by atoms with E-state index in [1.807, 2.05) is 36.5 Å². The predicted molar refractivity (Wildman–Crippen MR) is 110 cm³/mol. The molecule has 0 aliphatic heterocycles. The number of fused-ring (bicyclic) bond motifs is 1. The van der Waals surface area contributed by atoms with Crippen molar-refractivity contribution in [1.82, 2.24) is 10.3 Å². The number of amides is 1. The van der Waals surface area contributed by atoms with Gasteiger partial charge in [-0.3, -0.25) is 4.79 Å². The van der Waals surface area contributed by atoms with E-state index in [4.69, 9.17) is 4.74 Å². The second-order valence-corrected chi connectivity index (χ2v) is 6.88. The van der Waals surface area contributed by atoms with Gasteiger partial charge in [-0.2, -0.15) is 0 Å². The fourth-order valence-electron chi connectivity index (χ4n) is 3.51. The number of rotatable bonds is 9. The molecule has 4 heteroatoms. The Morgan fingerprint density at radius 2 is 2.00 bits per heavy atom. The zero-order valence-electron chi connectivity index (χ0n) is 16.1. The number of methoxy groups -OCH3 is 1. The molecule has 2 aromatic carbocycles. The van der Waals surface area contributed by atoms with E-state index in [0.29, 0.717) is 6.42 Å². The van der Waals surface area contributed by atoms with Gasteiger partial charge in [0.2, 0.25) is 5.91 Å². The zero-order valence-corrected chi connectivity index (χ0v) is 16.1. The Bertz CT molecular complexity index is 885. The molecular weight excluding hydrogens is 336 g/mol. The third-order valence-electron chi connectivity index (χ3n) is 4.98. The lowest BCUT2D eigenvalue weighted by molar-refractivity contribution is -0.121. The van der Waals surface area contributed by atoms with Gasteiger partial charge < -0.3 is 15.0 Å². The highest BCUT2D eigenvalue weighted by atomic mass is 16.5. The Hall–Kier alpha value is -2.75. The van der Waals surface area contributed by atoms with Gasteiger partial charge in [-0.25, -0.2) is 0 Å². The number of carbonyl (C=O) groups excluding carboxylic acids is 1. The van der Waals surface area contributed by atoms with Gasteiger partial charge in [0.25, 0.3) is 0 Å². The van der Waals surface area contributed by atoms with Gasteiger partial charge >= 0.3 is 0 Å². The average molecular weight is 364 g/mol. The van der Waals surface area contributed by atoms with Crippen LogP contribution in [0.5, 0.6) is 5.75 Å². The van der Waals surface area contributed by atoms with Crippen molar-refractivity contribution >= 4 is 16.8 Å². The SMILES string of the molecule is CCCCCNC(=O)C[C@@H](c1cccc(OC)c1)c1c[nH]c2ccccc12. The number of para-hydroxylation sites is 1. The standard InChI is InChI=1S/C23H28N2O2/c1-3-4-7-13-24-23(26)15-20(17-9-8-10-18(14-17)27-2)21-16-25-22-12-6-5-11-19(21)22/h5-6,8-12,14,16,20,25H,3-4,7,13,15H2,1-2H3,(H,24,26)/t20-/m0/s1. The molecule has 142 valence electrons. The van der Waals surface area contributed by atoms with Crippen LogP contribution in [0.3, 0.4) is 0 Å². The highest BCUT2D eigenvalue weighted by molar-refractivity contribution is 5.86. The Kier molecular flexibility index (Phi) is 6.53. The number of carbonyl (C=O) groups is 1. The van der Waals surface area contributed by atoms with Crippen molar-refractivity contribution in [2.75, 3.05) is 13.7 Å². The van der Waals surface area contributed by atoms with Gasteiger partial charge in [-0.05, 0) is 35.7 Å². The molecule has 0 spiro atoms. The summed E-state index contributed by atoms with van der Waals surface area (Å²) >= 11 is 0. The first-order chi connectivity index (χ1) is 13.2. The number of benzene rings is 2. The molecular formula is C23H28N2O2. The number of hydrogen-bond acceptors (Lipinski definition) is 2. The summed E-state index contributed by atoms with van der Waals surface area (Å²) in [5.74, 6) is 0.868. The van der Waals surface area contributed by atoms with Crippen LogP contribution < -0.4 is 10.1 Å². The summed E-state index contributed by atoms with van der Waals surface area (Å²) < 4.78 is 5.40. The van der Waals surface area contributed by atoms with E-state index in [0.717, 1.165) is 53.6 Å². The van der Waals surface area contributed by atoms with E-state index >= 15 is 0 Å². The quantitative estimate of drug-likeness (QED) is 0.525. The van der Waals surface area contributed by atoms with Crippen LogP contribution in [0.25, 0.3) is 10.9 Å². The Balaban J connectivity index is 1.88. The minimum atomic E-state index is -0.0255. The number of hydrogen-bond donors (Lipinski definition) is 2. The molecule has 0 saturated carbocycles. The molecule has 4 nitrogen and oxygen atoms in total. The smallest absolute Gasteiger partial charge is 0.220 e. The van der Waals surface area contributed by atoms with Crippen molar-refractivity contribution in [1.29, 1.82) is 0 Å². The Morgan fingerprint density at radius 3 is 2.81 bits per heavy atom. The number of aromatic nitrogens is 1. The molecule has 3 aromatic rings. The van der Waals surface area contributed by atoms with E-state index in [2.05, 4.69) is 35.4 Å². The lowest BCUT2D eigenvalue weighted by Gasteiger charge is -2.18. The molecule has 0 radical (unpaired) electrons. The largest absolute Gasteiger partial charge is 0.497 e. The minimum Gasteiger partial charge on any atom is -0.497 e. The van der Waals surface area contributed by atoms with E-state index in [9.17, 15) is 4.79 Å². The summed E-state index contributed by atoms with van der Waals surface area (Å²) in [6, 6.07) is 16.2. The number of unbranched alkanes of at least 4 members (excludes halogenated alkanes) is 2. The molecule has 0 saturated heterocycles. The molecule has 2 N–H and O–H groups in total. The number of nitrogens with one attached hydrogen (secondary N) is 2. The topological polar surface area (TPSA) is 54.1 Å². The number of H-pyrrole nitrogens is 1. The van der Waals surface area contributed by atoms with E-state index in [1.54, 1.807) is 7.11 Å². The maximum Gasteiger partial charge on any atom is 0.220 e. The highest BCUT2D eigenvalue weighted by Gasteiger charge is 2.21. The Morgan fingerprint density at radius 1 is 1.15 bits per heavy atom. The van der Waals surface area contributed by atoms with Crippen molar-refractivity contribution in [3.8, 4) is 5.75 Å². The van der Waals surface area contributed by atoms with Crippen molar-refractivity contribution < 1.29 is 9.53 Å². The third kappa shape index (κ3) is 4.70. The van der Waals surface area contributed by atoms with Crippen LogP contribution in [-0.4, -0.2) is 24.5 Å². The van der Waals surface area contributed by atoms with Gasteiger partial charge in [-0.1, -0.05) is 50.1 Å². The number of ether oxygens (including phenoxy) is 1. The second kappa shape index (κ2) is 9.26. The monoisotopic (exact) mass is 364 g/mol. The summed E-state index contributed by atoms with van der Waals surface area (Å²) in [5.41, 5.74) is 3.31. The Labute approximate surface area is 160 Å². The highest BCUT2D eigenvalue weighted by Crippen LogP contribution is 2.34. The van der Waals surface area contributed by atoms with Crippen LogP contribution in [-0.2, 0) is 4.79 Å². The van der Waals surface area contributed by atoms with Gasteiger partial charge in [0.05, 0.1) is 7.11 Å². The van der Waals surface area contributed by atoms with Crippen LogP contribution in [0.4, 0.5) is 0 Å². The maximum absolute atomic E-state index is 12.6. The molecule has 27 heavy (non-hydrogen) atoms. The van der Waals surface area contributed by atoms with Crippen molar-refractivity contribution in [2.24, 2.45) is 0 Å². The van der Waals surface area contributed by atoms with Crippen molar-refractivity contribution in [3.63, 3.8) is 0 Å². The summed E-state index contributed by atoms with van der Waals surface area (Å²) in [5, 5.41) is 4.23. The first-order valence-electron chi connectivity index (χ1n) is 9.69. The van der Waals surface area contributed by atoms with Crippen molar-refractivity contribution in [2.45, 2.75) is 38.5 Å². The van der Waals surface area contributed by atoms with Crippen LogP contribution >= 0.6 is 0 Å². The molecule has 0 aliphatic carbocycles. The van der Waals surface area contributed by atoms with E-state index in [1.165, 1.54) is 0 Å². The zero-order chi connectivity index (χ0) is 19.1. The van der Waals surface area contributed by atoms with Gasteiger partial charge in [-0.15, -0.1) is 0 Å². The van der Waals surface area contributed by atoms with Gasteiger partial charge in [0.1, 0.15) is 5.75 Å². The predicted octanol–water partition coefficient (Wildman–Crippen LogP) is 5.00. The lowest BCUT2D eigenvalue weighted by atomic mass is 9.88. The summed E-state index contributed by atoms with van der Waals surface area (Å²) in [4.78, 5) is 16.0. The average Bonchev–Trinajstić information content (AvgIpc) is 3.13.